The minimum atomic E-state index is -0.0478. The Morgan fingerprint density at radius 3 is 2.59 bits per heavy atom. The van der Waals surface area contributed by atoms with Crippen LogP contribution in [0.4, 0.5) is 0 Å². The second kappa shape index (κ2) is 10.0. The molecule has 0 radical (unpaired) electrons. The molecule has 5 aromatic rings. The van der Waals surface area contributed by atoms with Gasteiger partial charge >= 0.3 is 0 Å². The van der Waals surface area contributed by atoms with Crippen molar-refractivity contribution >= 4 is 60.8 Å². The lowest BCUT2D eigenvalue weighted by Crippen LogP contribution is -2.27. The van der Waals surface area contributed by atoms with Gasteiger partial charge in [0, 0.05) is 14.9 Å². The first-order chi connectivity index (χ1) is 18.6. The Hall–Kier alpha value is -2.75. The fourth-order valence-electron chi connectivity index (χ4n) is 5.45. The number of halogens is 1. The van der Waals surface area contributed by atoms with Crippen LogP contribution in [0.15, 0.2) is 63.0 Å². The second-order valence-corrected chi connectivity index (χ2v) is 14.2. The van der Waals surface area contributed by atoms with Crippen LogP contribution in [-0.2, 0) is 12.8 Å². The molecule has 0 amide bonds. The Bertz CT molecular complexity index is 1790. The molecule has 39 heavy (non-hydrogen) atoms. The smallest absolute Gasteiger partial charge is 0.268 e. The lowest BCUT2D eigenvalue weighted by atomic mass is 9.72. The van der Waals surface area contributed by atoms with Crippen molar-refractivity contribution in [3.8, 4) is 5.69 Å². The normalized spacial score (nSPS) is 15.7. The molecule has 6 nitrogen and oxygen atoms in total. The van der Waals surface area contributed by atoms with E-state index in [0.717, 1.165) is 45.2 Å². The van der Waals surface area contributed by atoms with E-state index in [-0.39, 0.29) is 22.5 Å². The molecule has 200 valence electrons. The van der Waals surface area contributed by atoms with Crippen molar-refractivity contribution < 1.29 is 4.79 Å². The molecule has 1 aliphatic rings. The van der Waals surface area contributed by atoms with E-state index in [4.69, 9.17) is 0 Å². The molecule has 1 atom stereocenters. The topological polar surface area (TPSA) is 69.3 Å². The quantitative estimate of drug-likeness (QED) is 0.152. The first-order valence-electron chi connectivity index (χ1n) is 13.1. The number of hydrogen-bond donors (Lipinski definition) is 0. The summed E-state index contributed by atoms with van der Waals surface area (Å²) in [6, 6.07) is 15.3. The van der Waals surface area contributed by atoms with E-state index in [9.17, 15) is 9.59 Å². The van der Waals surface area contributed by atoms with Gasteiger partial charge in [0.15, 0.2) is 10.9 Å². The van der Waals surface area contributed by atoms with Crippen LogP contribution in [-0.4, -0.2) is 30.7 Å². The van der Waals surface area contributed by atoms with Crippen LogP contribution in [0.3, 0.4) is 0 Å². The highest BCUT2D eigenvalue weighted by atomic mass is 79.9. The second-order valence-electron chi connectivity index (χ2n) is 11.3. The Kier molecular flexibility index (Phi) is 6.80. The van der Waals surface area contributed by atoms with Crippen molar-refractivity contribution in [2.45, 2.75) is 52.1 Å². The molecule has 0 saturated heterocycles. The zero-order chi connectivity index (χ0) is 27.5. The number of ketones is 1. The number of aromatic nitrogens is 4. The highest BCUT2D eigenvalue weighted by Gasteiger charge is 2.33. The molecule has 3 heterocycles. The number of Topliss-reactive ketones (excluding diaryl/α,β-unsaturated/α-hetero) is 1. The van der Waals surface area contributed by atoms with Crippen molar-refractivity contribution in [3.05, 3.63) is 84.9 Å². The first-order valence-corrected chi connectivity index (χ1v) is 15.6. The van der Waals surface area contributed by atoms with E-state index in [1.54, 1.807) is 15.9 Å². The van der Waals surface area contributed by atoms with E-state index in [2.05, 4.69) is 46.9 Å². The molecule has 6 rings (SSSR count). The van der Waals surface area contributed by atoms with Gasteiger partial charge in [-0.15, -0.1) is 21.5 Å². The van der Waals surface area contributed by atoms with E-state index >= 15 is 0 Å². The predicted octanol–water partition coefficient (Wildman–Crippen LogP) is 7.29. The lowest BCUT2D eigenvalue weighted by molar-refractivity contribution is 0.102. The molecule has 0 spiro atoms. The first kappa shape index (κ1) is 26.5. The van der Waals surface area contributed by atoms with Crippen molar-refractivity contribution in [3.63, 3.8) is 0 Å². The van der Waals surface area contributed by atoms with E-state index in [1.165, 1.54) is 22.2 Å². The molecule has 3 aromatic heterocycles. The van der Waals surface area contributed by atoms with Crippen LogP contribution in [0.1, 0.15) is 53.6 Å². The van der Waals surface area contributed by atoms with Gasteiger partial charge in [0.25, 0.3) is 5.56 Å². The number of hydrogen-bond acceptors (Lipinski definition) is 6. The maximum absolute atomic E-state index is 14.2. The predicted molar refractivity (Wildman–Crippen MR) is 163 cm³/mol. The number of fused-ring (bicyclic) bond motifs is 5. The molecular weight excluding hydrogens is 592 g/mol. The summed E-state index contributed by atoms with van der Waals surface area (Å²) in [5, 5.41) is 10.4. The average Bonchev–Trinajstić information content (AvgIpc) is 3.49. The third-order valence-corrected chi connectivity index (χ3v) is 10.5. The number of carbonyl (C=O) groups is 1. The number of benzene rings is 2. The van der Waals surface area contributed by atoms with Gasteiger partial charge in [-0.2, -0.15) is 0 Å². The van der Waals surface area contributed by atoms with Crippen molar-refractivity contribution in [1.29, 1.82) is 0 Å². The summed E-state index contributed by atoms with van der Waals surface area (Å²) in [5.41, 5.74) is 3.76. The fourth-order valence-corrected chi connectivity index (χ4v) is 8.02. The van der Waals surface area contributed by atoms with Crippen molar-refractivity contribution in [2.75, 3.05) is 5.75 Å². The molecule has 2 aromatic carbocycles. The minimum absolute atomic E-state index is 0.0196. The van der Waals surface area contributed by atoms with Crippen LogP contribution >= 0.6 is 39.0 Å². The summed E-state index contributed by atoms with van der Waals surface area (Å²) in [7, 11) is 0. The number of thiophene rings is 1. The number of aryl methyl sites for hydroxylation is 2. The molecule has 0 bridgehead atoms. The highest BCUT2D eigenvalue weighted by molar-refractivity contribution is 9.10. The number of nitrogens with zero attached hydrogens (tertiary/aromatic N) is 4. The number of para-hydroxylation sites is 1. The third-order valence-electron chi connectivity index (χ3n) is 7.76. The van der Waals surface area contributed by atoms with E-state index < -0.39 is 0 Å². The van der Waals surface area contributed by atoms with Gasteiger partial charge in [-0.05, 0) is 66.8 Å². The van der Waals surface area contributed by atoms with Gasteiger partial charge in [-0.25, -0.2) is 8.97 Å². The Balaban J connectivity index is 1.52. The van der Waals surface area contributed by atoms with Gasteiger partial charge in [0.1, 0.15) is 4.83 Å². The van der Waals surface area contributed by atoms with Crippen molar-refractivity contribution in [2.24, 2.45) is 11.3 Å². The van der Waals surface area contributed by atoms with Crippen LogP contribution in [0.25, 0.3) is 21.7 Å². The van der Waals surface area contributed by atoms with Gasteiger partial charge in [0.2, 0.25) is 5.78 Å². The summed E-state index contributed by atoms with van der Waals surface area (Å²) in [5.74, 6) is 1.29. The van der Waals surface area contributed by atoms with Crippen LogP contribution in [0.5, 0.6) is 0 Å². The molecule has 0 fully saturated rings. The van der Waals surface area contributed by atoms with Gasteiger partial charge in [0.05, 0.1) is 16.8 Å². The Labute approximate surface area is 243 Å². The van der Waals surface area contributed by atoms with E-state index in [1.807, 2.05) is 59.9 Å². The molecule has 0 N–H and O–H groups in total. The van der Waals surface area contributed by atoms with Gasteiger partial charge < -0.3 is 0 Å². The van der Waals surface area contributed by atoms with Crippen molar-refractivity contribution in [1.82, 2.24) is 19.2 Å². The van der Waals surface area contributed by atoms with Crippen LogP contribution in [0.2, 0.25) is 0 Å². The maximum atomic E-state index is 14.2. The summed E-state index contributed by atoms with van der Waals surface area (Å²) >= 11 is 6.48. The largest absolute Gasteiger partial charge is 0.293 e. The molecular formula is C30H29BrN4O2S2. The SMILES string of the molecule is Cc1ccccc1-n1c(=O)c2c3c(sc2n2c(SCC(=O)c4ccc(Br)cc4)nnc12)CC(C(C)(C)C)CC3. The molecule has 0 saturated carbocycles. The summed E-state index contributed by atoms with van der Waals surface area (Å²) in [6.07, 6.45) is 2.92. The third kappa shape index (κ3) is 4.68. The minimum Gasteiger partial charge on any atom is -0.293 e. The number of carbonyl (C=O) groups excluding carboxylic acids is 1. The maximum Gasteiger partial charge on any atom is 0.268 e. The average molecular weight is 622 g/mol. The summed E-state index contributed by atoms with van der Waals surface area (Å²) in [6.45, 7) is 8.91. The zero-order valence-electron chi connectivity index (χ0n) is 22.3. The molecule has 1 unspecified atom stereocenters. The molecule has 0 aliphatic heterocycles. The lowest BCUT2D eigenvalue weighted by Gasteiger charge is -2.33. The number of rotatable bonds is 5. The standard InChI is InChI=1S/C30H29BrN4O2S2/c1-17-7-5-6-8-22(17)34-26(37)25-21-14-11-19(30(2,3)4)15-24(21)39-27(25)35-28(34)32-33-29(35)38-16-23(36)18-9-12-20(31)13-10-18/h5-10,12-13,19H,11,14-16H2,1-4H3. The Morgan fingerprint density at radius 1 is 1.13 bits per heavy atom. The van der Waals surface area contributed by atoms with Crippen LogP contribution in [0, 0.1) is 18.3 Å². The van der Waals surface area contributed by atoms with Gasteiger partial charge in [-0.3, -0.25) is 9.59 Å². The highest BCUT2D eigenvalue weighted by Crippen LogP contribution is 2.43. The van der Waals surface area contributed by atoms with Crippen LogP contribution < -0.4 is 5.56 Å². The van der Waals surface area contributed by atoms with E-state index in [0.29, 0.717) is 22.4 Å². The molecule has 1 aliphatic carbocycles. The summed E-state index contributed by atoms with van der Waals surface area (Å²) in [4.78, 5) is 29.4. The Morgan fingerprint density at radius 2 is 1.87 bits per heavy atom. The molecule has 9 heteroatoms. The zero-order valence-corrected chi connectivity index (χ0v) is 25.5. The fraction of sp³-hybridized carbons (Fsp3) is 0.333. The monoisotopic (exact) mass is 620 g/mol. The summed E-state index contributed by atoms with van der Waals surface area (Å²) < 4.78 is 4.63. The number of thioether (sulfide) groups is 1. The van der Waals surface area contributed by atoms with Gasteiger partial charge in [-0.1, -0.05) is 78.8 Å².